The first kappa shape index (κ1) is 16.3. The van der Waals surface area contributed by atoms with Gasteiger partial charge in [0.15, 0.2) is 0 Å². The van der Waals surface area contributed by atoms with Gasteiger partial charge in [0.1, 0.15) is 5.82 Å². The van der Waals surface area contributed by atoms with Gasteiger partial charge in [0.2, 0.25) is 0 Å². The van der Waals surface area contributed by atoms with E-state index in [0.29, 0.717) is 0 Å². The van der Waals surface area contributed by atoms with Crippen molar-refractivity contribution in [3.8, 4) is 0 Å². The number of imidazole rings is 1. The van der Waals surface area contributed by atoms with Gasteiger partial charge in [0.05, 0.1) is 5.69 Å². The fraction of sp³-hybridized carbons (Fsp3) is 0.700. The first-order chi connectivity index (χ1) is 7.95. The number of unbranched alkanes of at least 4 members (excludes halogenated alkanes) is 1. The summed E-state index contributed by atoms with van der Waals surface area (Å²) >= 11 is 0. The van der Waals surface area contributed by atoms with Gasteiger partial charge in [-0.05, 0) is 19.8 Å². The number of phosphoric acid groups is 1. The molecule has 0 amide bonds. The molecular formula is C10H21N2O4P. The number of rotatable bonds is 5. The predicted octanol–water partition coefficient (Wildman–Crippen LogP) is 2.44. The molecule has 7 heteroatoms. The topological polar surface area (TPSA) is 84.4 Å². The van der Waals surface area contributed by atoms with E-state index < -0.39 is 7.82 Å². The van der Waals surface area contributed by atoms with Gasteiger partial charge in [-0.15, -0.1) is 0 Å². The van der Waals surface area contributed by atoms with Crippen LogP contribution in [0.15, 0.2) is 6.20 Å². The summed E-state index contributed by atoms with van der Waals surface area (Å²) in [6.07, 6.45) is 5.59. The van der Waals surface area contributed by atoms with Crippen molar-refractivity contribution in [1.82, 2.24) is 9.97 Å². The van der Waals surface area contributed by atoms with Crippen molar-refractivity contribution < 1.29 is 18.5 Å². The number of hydrogen-bond donors (Lipinski definition) is 2. The molecule has 0 bridgehead atoms. The highest BCUT2D eigenvalue weighted by atomic mass is 31.2. The van der Waals surface area contributed by atoms with E-state index in [2.05, 4.69) is 25.9 Å². The highest BCUT2D eigenvalue weighted by Crippen LogP contribution is 2.40. The maximum atomic E-state index is 10.1. The van der Waals surface area contributed by atoms with E-state index in [1.807, 2.05) is 13.1 Å². The van der Waals surface area contributed by atoms with Crippen molar-refractivity contribution in [2.75, 3.05) is 14.2 Å². The summed E-state index contributed by atoms with van der Waals surface area (Å²) < 4.78 is 18.0. The van der Waals surface area contributed by atoms with Gasteiger partial charge < -0.3 is 9.88 Å². The van der Waals surface area contributed by atoms with Gasteiger partial charge in [0.25, 0.3) is 0 Å². The van der Waals surface area contributed by atoms with Crippen LogP contribution in [-0.2, 0) is 20.0 Å². The lowest BCUT2D eigenvalue weighted by atomic mass is 10.2. The van der Waals surface area contributed by atoms with Gasteiger partial charge >= 0.3 is 7.82 Å². The molecule has 17 heavy (non-hydrogen) atoms. The van der Waals surface area contributed by atoms with Crippen LogP contribution in [-0.4, -0.2) is 29.1 Å². The molecule has 1 aromatic rings. The molecule has 0 aliphatic carbocycles. The minimum absolute atomic E-state index is 1.02. The number of aromatic amines is 1. The van der Waals surface area contributed by atoms with E-state index in [9.17, 15) is 4.57 Å². The Balaban J connectivity index is 0.000000325. The monoisotopic (exact) mass is 264 g/mol. The molecule has 0 atom stereocenters. The summed E-state index contributed by atoms with van der Waals surface area (Å²) in [6.45, 7) is 4.18. The van der Waals surface area contributed by atoms with Crippen LogP contribution < -0.4 is 0 Å². The summed E-state index contributed by atoms with van der Waals surface area (Å²) in [5.41, 5.74) is 1.19. The van der Waals surface area contributed by atoms with Crippen molar-refractivity contribution in [2.45, 2.75) is 33.1 Å². The second kappa shape index (κ2) is 8.42. The lowest BCUT2D eigenvalue weighted by molar-refractivity contribution is 0.204. The predicted molar refractivity (Wildman–Crippen MR) is 65.8 cm³/mol. The minimum Gasteiger partial charge on any atom is -0.349 e. The Bertz CT molecular complexity index is 346. The SMILES string of the molecule is CCCCc1c[nH]c(C)n1.COP(=O)(O)OC. The number of hydrogen-bond acceptors (Lipinski definition) is 4. The minimum atomic E-state index is -3.65. The maximum absolute atomic E-state index is 10.1. The molecule has 0 unspecified atom stereocenters. The third-order valence-electron chi connectivity index (χ3n) is 2.01. The molecule has 0 fully saturated rings. The van der Waals surface area contributed by atoms with Crippen molar-refractivity contribution in [3.63, 3.8) is 0 Å². The third-order valence-corrected chi connectivity index (χ3v) is 2.93. The molecular weight excluding hydrogens is 243 g/mol. The summed E-state index contributed by atoms with van der Waals surface area (Å²) in [4.78, 5) is 15.6. The molecule has 1 heterocycles. The molecule has 0 spiro atoms. The molecule has 0 saturated carbocycles. The van der Waals surface area contributed by atoms with Crippen LogP contribution >= 0.6 is 7.82 Å². The summed E-state index contributed by atoms with van der Waals surface area (Å²) in [5, 5.41) is 0. The molecule has 1 rings (SSSR count). The van der Waals surface area contributed by atoms with E-state index in [1.54, 1.807) is 0 Å². The molecule has 100 valence electrons. The Labute approximate surface area is 102 Å². The molecule has 0 aliphatic rings. The summed E-state index contributed by atoms with van der Waals surface area (Å²) in [6, 6.07) is 0. The zero-order chi connectivity index (χ0) is 13.3. The van der Waals surface area contributed by atoms with Gasteiger partial charge in [0, 0.05) is 20.4 Å². The van der Waals surface area contributed by atoms with Crippen LogP contribution in [0.4, 0.5) is 0 Å². The lowest BCUT2D eigenvalue weighted by Crippen LogP contribution is -1.83. The van der Waals surface area contributed by atoms with Crippen molar-refractivity contribution >= 4 is 7.82 Å². The van der Waals surface area contributed by atoms with Crippen molar-refractivity contribution in [3.05, 3.63) is 17.7 Å². The van der Waals surface area contributed by atoms with Crippen LogP contribution in [0, 0.1) is 6.92 Å². The van der Waals surface area contributed by atoms with Gasteiger partial charge in [-0.1, -0.05) is 13.3 Å². The van der Waals surface area contributed by atoms with E-state index in [1.165, 1.54) is 18.5 Å². The normalized spacial score (nSPS) is 10.9. The number of aryl methyl sites for hydroxylation is 2. The Morgan fingerprint density at radius 3 is 2.35 bits per heavy atom. The van der Waals surface area contributed by atoms with Crippen LogP contribution in [0.2, 0.25) is 0 Å². The standard InChI is InChI=1S/C8H14N2.C2H7O4P/c1-3-4-5-8-6-9-7(2)10-8;1-5-7(3,4)6-2/h6H,3-5H2,1-2H3,(H,9,10);1-2H3,(H,3,4). The molecule has 0 aromatic carbocycles. The zero-order valence-electron chi connectivity index (χ0n) is 10.8. The van der Waals surface area contributed by atoms with E-state index in [0.717, 1.165) is 26.5 Å². The van der Waals surface area contributed by atoms with Crippen LogP contribution in [0.5, 0.6) is 0 Å². The Hall–Kier alpha value is -0.680. The Kier molecular flexibility index (Phi) is 8.08. The zero-order valence-corrected chi connectivity index (χ0v) is 11.7. The summed E-state index contributed by atoms with van der Waals surface area (Å²) in [5.74, 6) is 1.02. The fourth-order valence-corrected chi connectivity index (χ4v) is 1.18. The van der Waals surface area contributed by atoms with E-state index >= 15 is 0 Å². The first-order valence-corrected chi connectivity index (χ1v) is 6.89. The highest BCUT2D eigenvalue weighted by molar-refractivity contribution is 7.47. The van der Waals surface area contributed by atoms with Crippen LogP contribution in [0.1, 0.15) is 31.3 Å². The fourth-order valence-electron chi connectivity index (χ4n) is 1.03. The second-order valence-corrected chi connectivity index (χ2v) is 5.08. The van der Waals surface area contributed by atoms with Crippen LogP contribution in [0.25, 0.3) is 0 Å². The van der Waals surface area contributed by atoms with Crippen molar-refractivity contribution in [2.24, 2.45) is 0 Å². The second-order valence-electron chi connectivity index (χ2n) is 3.41. The smallest absolute Gasteiger partial charge is 0.349 e. The number of aromatic nitrogens is 2. The first-order valence-electron chi connectivity index (χ1n) is 5.40. The number of phosphoric ester groups is 1. The quantitative estimate of drug-likeness (QED) is 0.798. The van der Waals surface area contributed by atoms with E-state index in [-0.39, 0.29) is 0 Å². The molecule has 0 radical (unpaired) electrons. The number of H-pyrrole nitrogens is 1. The summed E-state index contributed by atoms with van der Waals surface area (Å²) in [7, 11) is -1.45. The molecule has 0 aliphatic heterocycles. The average molecular weight is 264 g/mol. The van der Waals surface area contributed by atoms with Crippen molar-refractivity contribution in [1.29, 1.82) is 0 Å². The largest absolute Gasteiger partial charge is 0.471 e. The molecule has 0 saturated heterocycles. The highest BCUT2D eigenvalue weighted by Gasteiger charge is 2.13. The van der Waals surface area contributed by atoms with Gasteiger partial charge in [-0.3, -0.25) is 9.05 Å². The Morgan fingerprint density at radius 1 is 1.47 bits per heavy atom. The molecule has 2 N–H and O–H groups in total. The van der Waals surface area contributed by atoms with Gasteiger partial charge in [-0.25, -0.2) is 9.55 Å². The molecule has 1 aromatic heterocycles. The third kappa shape index (κ3) is 8.10. The molecule has 6 nitrogen and oxygen atoms in total. The van der Waals surface area contributed by atoms with Crippen LogP contribution in [0.3, 0.4) is 0 Å². The van der Waals surface area contributed by atoms with E-state index in [4.69, 9.17) is 4.89 Å². The maximum Gasteiger partial charge on any atom is 0.471 e. The Morgan fingerprint density at radius 2 is 2.06 bits per heavy atom. The lowest BCUT2D eigenvalue weighted by Gasteiger charge is -2.01. The average Bonchev–Trinajstić information content (AvgIpc) is 2.73. The van der Waals surface area contributed by atoms with Gasteiger partial charge in [-0.2, -0.15) is 0 Å². The number of nitrogens with zero attached hydrogens (tertiary/aromatic N) is 1. The number of nitrogens with one attached hydrogen (secondary N) is 1.